The van der Waals surface area contributed by atoms with Crippen molar-refractivity contribution < 1.29 is 14.3 Å². The van der Waals surface area contributed by atoms with Crippen molar-refractivity contribution in [2.75, 3.05) is 13.2 Å². The highest BCUT2D eigenvalue weighted by Gasteiger charge is 2.31. The van der Waals surface area contributed by atoms with Gasteiger partial charge in [0, 0.05) is 12.6 Å². The molecule has 1 fully saturated rings. The minimum atomic E-state index is -0.318. The van der Waals surface area contributed by atoms with Crippen LogP contribution in [0.25, 0.3) is 0 Å². The van der Waals surface area contributed by atoms with Gasteiger partial charge in [0.2, 0.25) is 11.8 Å². The lowest BCUT2D eigenvalue weighted by atomic mass is 9.92. The van der Waals surface area contributed by atoms with Crippen molar-refractivity contribution in [2.24, 2.45) is 11.7 Å². The Morgan fingerprint density at radius 3 is 2.48 bits per heavy atom. The SMILES string of the molecule is Cc1cc(C)cc(OCCC(=O)N2C[C@@H](C(N)=O)CC[C@H]2C)c1. The van der Waals surface area contributed by atoms with Crippen LogP contribution in [0, 0.1) is 19.8 Å². The molecular formula is C18H26N2O3. The van der Waals surface area contributed by atoms with E-state index in [9.17, 15) is 9.59 Å². The molecule has 0 bridgehead atoms. The Hall–Kier alpha value is -2.04. The van der Waals surface area contributed by atoms with E-state index in [0.717, 1.165) is 29.7 Å². The number of nitrogens with two attached hydrogens (primary N) is 1. The number of carbonyl (C=O) groups excluding carboxylic acids is 2. The Balaban J connectivity index is 1.87. The molecule has 2 atom stereocenters. The smallest absolute Gasteiger partial charge is 0.226 e. The first kappa shape index (κ1) is 17.3. The highest BCUT2D eigenvalue weighted by molar-refractivity contribution is 5.80. The van der Waals surface area contributed by atoms with Crippen molar-refractivity contribution in [1.29, 1.82) is 0 Å². The van der Waals surface area contributed by atoms with Crippen LogP contribution in [-0.2, 0) is 9.59 Å². The fraction of sp³-hybridized carbons (Fsp3) is 0.556. The number of hydrogen-bond acceptors (Lipinski definition) is 3. The number of likely N-dealkylation sites (tertiary alicyclic amines) is 1. The van der Waals surface area contributed by atoms with Crippen LogP contribution < -0.4 is 10.5 Å². The van der Waals surface area contributed by atoms with E-state index in [1.807, 2.05) is 32.9 Å². The standard InChI is InChI=1S/C18H26N2O3/c1-12-8-13(2)10-16(9-12)23-7-6-17(21)20-11-15(18(19)22)5-4-14(20)3/h8-10,14-15H,4-7,11H2,1-3H3,(H2,19,22)/t14-,15+/m1/s1. The lowest BCUT2D eigenvalue weighted by Crippen LogP contribution is -2.48. The van der Waals surface area contributed by atoms with E-state index < -0.39 is 0 Å². The molecule has 5 heteroatoms. The molecule has 0 radical (unpaired) electrons. The largest absolute Gasteiger partial charge is 0.493 e. The van der Waals surface area contributed by atoms with Crippen LogP contribution in [0.3, 0.4) is 0 Å². The molecule has 5 nitrogen and oxygen atoms in total. The Morgan fingerprint density at radius 1 is 1.22 bits per heavy atom. The second kappa shape index (κ2) is 7.49. The highest BCUT2D eigenvalue weighted by Crippen LogP contribution is 2.22. The molecular weight excluding hydrogens is 292 g/mol. The molecule has 2 amide bonds. The summed E-state index contributed by atoms with van der Waals surface area (Å²) in [6.45, 7) is 6.82. The van der Waals surface area contributed by atoms with Crippen LogP contribution in [-0.4, -0.2) is 35.9 Å². The molecule has 1 heterocycles. The Morgan fingerprint density at radius 2 is 1.87 bits per heavy atom. The normalized spacial score (nSPS) is 21.1. The van der Waals surface area contributed by atoms with E-state index in [0.29, 0.717) is 19.6 Å². The average Bonchev–Trinajstić information content (AvgIpc) is 2.46. The van der Waals surface area contributed by atoms with E-state index >= 15 is 0 Å². The summed E-state index contributed by atoms with van der Waals surface area (Å²) in [5.41, 5.74) is 7.66. The number of nitrogens with zero attached hydrogens (tertiary/aromatic N) is 1. The monoisotopic (exact) mass is 318 g/mol. The van der Waals surface area contributed by atoms with Crippen LogP contribution in [0.1, 0.15) is 37.3 Å². The molecule has 126 valence electrons. The number of primary amides is 1. The Labute approximate surface area is 137 Å². The average molecular weight is 318 g/mol. The summed E-state index contributed by atoms with van der Waals surface area (Å²) < 4.78 is 5.70. The molecule has 1 aromatic carbocycles. The van der Waals surface area contributed by atoms with Crippen molar-refractivity contribution in [2.45, 2.75) is 46.1 Å². The van der Waals surface area contributed by atoms with Gasteiger partial charge in [0.25, 0.3) is 0 Å². The van der Waals surface area contributed by atoms with Gasteiger partial charge in [-0.1, -0.05) is 6.07 Å². The molecule has 0 unspecified atom stereocenters. The summed E-state index contributed by atoms with van der Waals surface area (Å²) in [5.74, 6) is 0.265. The number of amides is 2. The predicted octanol–water partition coefficient (Wildman–Crippen LogP) is 2.18. The van der Waals surface area contributed by atoms with Crippen molar-refractivity contribution in [3.8, 4) is 5.75 Å². The summed E-state index contributed by atoms with van der Waals surface area (Å²) in [4.78, 5) is 25.5. The minimum Gasteiger partial charge on any atom is -0.493 e. The number of ether oxygens (including phenoxy) is 1. The van der Waals surface area contributed by atoms with Gasteiger partial charge in [-0.3, -0.25) is 9.59 Å². The van der Waals surface area contributed by atoms with Crippen LogP contribution in [0.5, 0.6) is 5.75 Å². The van der Waals surface area contributed by atoms with Crippen LogP contribution >= 0.6 is 0 Å². The van der Waals surface area contributed by atoms with E-state index in [4.69, 9.17) is 10.5 Å². The first-order valence-corrected chi connectivity index (χ1v) is 8.16. The number of hydrogen-bond donors (Lipinski definition) is 1. The summed E-state index contributed by atoms with van der Waals surface area (Å²) in [7, 11) is 0. The number of carbonyl (C=O) groups is 2. The van der Waals surface area contributed by atoms with Gasteiger partial charge in [0.05, 0.1) is 18.9 Å². The maximum absolute atomic E-state index is 12.4. The minimum absolute atomic E-state index is 0.0211. The molecule has 2 N–H and O–H groups in total. The molecule has 1 aliphatic heterocycles. The van der Waals surface area contributed by atoms with Crippen molar-refractivity contribution in [3.05, 3.63) is 29.3 Å². The van der Waals surface area contributed by atoms with E-state index in [1.54, 1.807) is 4.90 Å². The van der Waals surface area contributed by atoms with Crippen molar-refractivity contribution in [1.82, 2.24) is 4.90 Å². The van der Waals surface area contributed by atoms with Crippen LogP contribution in [0.4, 0.5) is 0 Å². The highest BCUT2D eigenvalue weighted by atomic mass is 16.5. The van der Waals surface area contributed by atoms with Crippen molar-refractivity contribution >= 4 is 11.8 Å². The zero-order valence-electron chi connectivity index (χ0n) is 14.2. The van der Waals surface area contributed by atoms with E-state index in [2.05, 4.69) is 6.07 Å². The fourth-order valence-corrected chi connectivity index (χ4v) is 3.10. The maximum atomic E-state index is 12.4. The molecule has 0 aromatic heterocycles. The second-order valence-electron chi connectivity index (χ2n) is 6.49. The molecule has 0 spiro atoms. The molecule has 1 aliphatic rings. The maximum Gasteiger partial charge on any atom is 0.226 e. The molecule has 1 saturated heterocycles. The lowest BCUT2D eigenvalue weighted by molar-refractivity contribution is -0.138. The Kier molecular flexibility index (Phi) is 5.64. The third-order valence-corrected chi connectivity index (χ3v) is 4.38. The van der Waals surface area contributed by atoms with E-state index in [1.165, 1.54) is 0 Å². The van der Waals surface area contributed by atoms with Gasteiger partial charge < -0.3 is 15.4 Å². The van der Waals surface area contributed by atoms with Crippen LogP contribution in [0.15, 0.2) is 18.2 Å². The Bertz CT molecular complexity index is 565. The van der Waals surface area contributed by atoms with Gasteiger partial charge in [-0.15, -0.1) is 0 Å². The van der Waals surface area contributed by atoms with Gasteiger partial charge >= 0.3 is 0 Å². The van der Waals surface area contributed by atoms with Gasteiger partial charge in [-0.2, -0.15) is 0 Å². The number of rotatable bonds is 5. The summed E-state index contributed by atoms with van der Waals surface area (Å²) in [6.07, 6.45) is 1.89. The molecule has 0 aliphatic carbocycles. The molecule has 0 saturated carbocycles. The van der Waals surface area contributed by atoms with Gasteiger partial charge in [0.15, 0.2) is 0 Å². The van der Waals surface area contributed by atoms with Gasteiger partial charge in [-0.05, 0) is 56.9 Å². The number of aryl methyl sites for hydroxylation is 2. The summed E-state index contributed by atoms with van der Waals surface area (Å²) in [5, 5.41) is 0. The molecule has 1 aromatic rings. The fourth-order valence-electron chi connectivity index (χ4n) is 3.10. The lowest BCUT2D eigenvalue weighted by Gasteiger charge is -2.37. The second-order valence-corrected chi connectivity index (χ2v) is 6.49. The predicted molar refractivity (Wildman–Crippen MR) is 89.1 cm³/mol. The third-order valence-electron chi connectivity index (χ3n) is 4.38. The topological polar surface area (TPSA) is 72.6 Å². The van der Waals surface area contributed by atoms with Crippen LogP contribution in [0.2, 0.25) is 0 Å². The number of benzene rings is 1. The first-order valence-electron chi connectivity index (χ1n) is 8.16. The van der Waals surface area contributed by atoms with Crippen molar-refractivity contribution in [3.63, 3.8) is 0 Å². The van der Waals surface area contributed by atoms with E-state index in [-0.39, 0.29) is 23.8 Å². The number of piperidine rings is 1. The third kappa shape index (κ3) is 4.71. The zero-order chi connectivity index (χ0) is 17.0. The zero-order valence-corrected chi connectivity index (χ0v) is 14.2. The first-order chi connectivity index (χ1) is 10.9. The summed E-state index contributed by atoms with van der Waals surface area (Å²) in [6, 6.07) is 6.16. The molecule has 2 rings (SSSR count). The molecule has 23 heavy (non-hydrogen) atoms. The summed E-state index contributed by atoms with van der Waals surface area (Å²) >= 11 is 0. The quantitative estimate of drug-likeness (QED) is 0.904. The van der Waals surface area contributed by atoms with Gasteiger partial charge in [-0.25, -0.2) is 0 Å². The van der Waals surface area contributed by atoms with Gasteiger partial charge in [0.1, 0.15) is 5.75 Å².